The highest BCUT2D eigenvalue weighted by molar-refractivity contribution is 9.10. The molecule has 0 saturated carbocycles. The Morgan fingerprint density at radius 3 is 2.75 bits per heavy atom. The molecule has 0 N–H and O–H groups in total. The van der Waals surface area contributed by atoms with Crippen molar-refractivity contribution in [2.75, 3.05) is 7.05 Å². The molecule has 0 atom stereocenters. The van der Waals surface area contributed by atoms with Crippen LogP contribution in [0.1, 0.15) is 27.6 Å². The normalized spacial score (nSPS) is 10.7. The van der Waals surface area contributed by atoms with Crippen LogP contribution < -0.4 is 0 Å². The minimum Gasteiger partial charge on any atom is -0.337 e. The second kappa shape index (κ2) is 5.70. The topological polar surface area (TPSA) is 59.2 Å². The van der Waals surface area contributed by atoms with Crippen molar-refractivity contribution >= 4 is 21.8 Å². The van der Waals surface area contributed by atoms with Crippen LogP contribution in [0.25, 0.3) is 0 Å². The van der Waals surface area contributed by atoms with E-state index in [-0.39, 0.29) is 12.1 Å². The third kappa shape index (κ3) is 2.87. The molecule has 0 aliphatic carbocycles. The second-order valence-electron chi connectivity index (χ2n) is 4.43. The Bertz CT molecular complexity index is 657. The summed E-state index contributed by atoms with van der Waals surface area (Å²) >= 11 is 3.29. The van der Waals surface area contributed by atoms with Crippen LogP contribution in [0.2, 0.25) is 0 Å². The van der Waals surface area contributed by atoms with Crippen LogP contribution in [0.4, 0.5) is 4.39 Å². The quantitative estimate of drug-likeness (QED) is 0.861. The van der Waals surface area contributed by atoms with Crippen LogP contribution in [0.3, 0.4) is 0 Å². The Balaban J connectivity index is 2.25. The van der Waals surface area contributed by atoms with Crippen molar-refractivity contribution in [3.63, 3.8) is 0 Å². The molecule has 1 aromatic carbocycles. The Kier molecular flexibility index (Phi) is 4.17. The number of nitrogens with zero attached hydrogens (tertiary/aromatic N) is 3. The van der Waals surface area contributed by atoms with E-state index in [9.17, 15) is 9.18 Å². The van der Waals surface area contributed by atoms with Crippen LogP contribution in [-0.2, 0) is 6.54 Å². The van der Waals surface area contributed by atoms with Crippen LogP contribution in [0, 0.1) is 19.7 Å². The Hall–Kier alpha value is -1.76. The van der Waals surface area contributed by atoms with Gasteiger partial charge in [-0.15, -0.1) is 0 Å². The zero-order valence-corrected chi connectivity index (χ0v) is 12.9. The van der Waals surface area contributed by atoms with Gasteiger partial charge in [-0.1, -0.05) is 21.1 Å². The number of benzene rings is 1. The summed E-state index contributed by atoms with van der Waals surface area (Å²) in [5.41, 5.74) is 0.599. The molecule has 106 valence electrons. The fourth-order valence-electron chi connectivity index (χ4n) is 1.79. The highest BCUT2D eigenvalue weighted by atomic mass is 79.9. The number of halogens is 2. The third-order valence-electron chi connectivity index (χ3n) is 2.85. The van der Waals surface area contributed by atoms with Crippen LogP contribution >= 0.6 is 15.9 Å². The molecule has 2 aromatic rings. The van der Waals surface area contributed by atoms with Gasteiger partial charge in [0.25, 0.3) is 5.91 Å². The number of carbonyl (C=O) groups is 1. The van der Waals surface area contributed by atoms with Gasteiger partial charge in [-0.25, -0.2) is 4.39 Å². The van der Waals surface area contributed by atoms with E-state index >= 15 is 0 Å². The average Bonchev–Trinajstić information content (AvgIpc) is 2.79. The first kappa shape index (κ1) is 14.6. The van der Waals surface area contributed by atoms with E-state index in [1.807, 2.05) is 0 Å². The van der Waals surface area contributed by atoms with Gasteiger partial charge in [0.05, 0.1) is 12.1 Å². The lowest BCUT2D eigenvalue weighted by Gasteiger charge is -2.17. The van der Waals surface area contributed by atoms with Crippen molar-refractivity contribution in [2.45, 2.75) is 20.4 Å². The highest BCUT2D eigenvalue weighted by Crippen LogP contribution is 2.23. The molecule has 0 radical (unpaired) electrons. The number of hydrogen-bond acceptors (Lipinski definition) is 4. The van der Waals surface area contributed by atoms with E-state index in [1.54, 1.807) is 27.0 Å². The maximum absolute atomic E-state index is 13.9. The van der Waals surface area contributed by atoms with Gasteiger partial charge in [0, 0.05) is 11.5 Å². The van der Waals surface area contributed by atoms with Gasteiger partial charge >= 0.3 is 0 Å². The minimum absolute atomic E-state index is 0.0399. The van der Waals surface area contributed by atoms with Crippen molar-refractivity contribution in [1.82, 2.24) is 15.0 Å². The number of amides is 1. The molecular formula is C13H13BrFN3O2. The molecule has 5 nitrogen and oxygen atoms in total. The van der Waals surface area contributed by atoms with E-state index in [0.29, 0.717) is 21.8 Å². The van der Waals surface area contributed by atoms with Crippen LogP contribution in [0.15, 0.2) is 21.1 Å². The standard InChI is InChI=1S/C13H13BrFN3O2/c1-7-9(14)4-5-10(15)12(7)13(19)18(3)6-11-16-8(2)17-20-11/h4-5H,6H2,1-3H3. The Labute approximate surface area is 123 Å². The minimum atomic E-state index is -0.552. The molecule has 1 heterocycles. The van der Waals surface area contributed by atoms with Gasteiger partial charge in [0.2, 0.25) is 5.89 Å². The number of carbonyl (C=O) groups excluding carboxylic acids is 1. The zero-order chi connectivity index (χ0) is 14.9. The summed E-state index contributed by atoms with van der Waals surface area (Å²) in [4.78, 5) is 17.7. The first-order valence-corrected chi connectivity index (χ1v) is 6.68. The number of aromatic nitrogens is 2. The molecule has 1 aromatic heterocycles. The fraction of sp³-hybridized carbons (Fsp3) is 0.308. The predicted octanol–water partition coefficient (Wildman–Crippen LogP) is 2.86. The van der Waals surface area contributed by atoms with Crippen LogP contribution in [0.5, 0.6) is 0 Å². The zero-order valence-electron chi connectivity index (χ0n) is 11.3. The summed E-state index contributed by atoms with van der Waals surface area (Å²) in [5.74, 6) is -0.182. The summed E-state index contributed by atoms with van der Waals surface area (Å²) < 4.78 is 19.5. The molecule has 2 rings (SSSR count). The molecule has 0 aliphatic heterocycles. The SMILES string of the molecule is Cc1noc(CN(C)C(=O)c2c(F)ccc(Br)c2C)n1. The summed E-state index contributed by atoms with van der Waals surface area (Å²) in [5, 5.41) is 3.65. The number of rotatable bonds is 3. The molecule has 0 saturated heterocycles. The lowest BCUT2D eigenvalue weighted by molar-refractivity contribution is 0.0764. The fourth-order valence-corrected chi connectivity index (χ4v) is 2.12. The maximum Gasteiger partial charge on any atom is 0.257 e. The van der Waals surface area contributed by atoms with Crippen molar-refractivity contribution in [3.05, 3.63) is 45.3 Å². The van der Waals surface area contributed by atoms with Crippen molar-refractivity contribution < 1.29 is 13.7 Å². The summed E-state index contributed by atoms with van der Waals surface area (Å²) in [6.45, 7) is 3.50. The molecule has 7 heteroatoms. The molecular weight excluding hydrogens is 329 g/mol. The first-order valence-electron chi connectivity index (χ1n) is 5.89. The van der Waals surface area contributed by atoms with E-state index in [1.165, 1.54) is 11.0 Å². The van der Waals surface area contributed by atoms with Gasteiger partial charge in [0.15, 0.2) is 5.82 Å². The van der Waals surface area contributed by atoms with Gasteiger partial charge < -0.3 is 9.42 Å². The molecule has 1 amide bonds. The lowest BCUT2D eigenvalue weighted by Crippen LogP contribution is -2.28. The average molecular weight is 342 g/mol. The van der Waals surface area contributed by atoms with Gasteiger partial charge in [-0.05, 0) is 31.5 Å². The maximum atomic E-state index is 13.9. The summed E-state index contributed by atoms with van der Waals surface area (Å²) in [6.07, 6.45) is 0. The van der Waals surface area contributed by atoms with Crippen LogP contribution in [-0.4, -0.2) is 28.0 Å². The number of hydrogen-bond donors (Lipinski definition) is 0. The highest BCUT2D eigenvalue weighted by Gasteiger charge is 2.21. The Morgan fingerprint density at radius 1 is 1.45 bits per heavy atom. The summed E-state index contributed by atoms with van der Waals surface area (Å²) in [6, 6.07) is 2.83. The molecule has 20 heavy (non-hydrogen) atoms. The first-order chi connectivity index (χ1) is 9.40. The van der Waals surface area contributed by atoms with Crippen molar-refractivity contribution in [3.8, 4) is 0 Å². The monoisotopic (exact) mass is 341 g/mol. The lowest BCUT2D eigenvalue weighted by atomic mass is 10.1. The summed E-state index contributed by atoms with van der Waals surface area (Å²) in [7, 11) is 1.56. The Morgan fingerprint density at radius 2 is 2.15 bits per heavy atom. The smallest absolute Gasteiger partial charge is 0.257 e. The molecule has 0 spiro atoms. The van der Waals surface area contributed by atoms with E-state index in [0.717, 1.165) is 0 Å². The van der Waals surface area contributed by atoms with Gasteiger partial charge in [-0.2, -0.15) is 4.98 Å². The van der Waals surface area contributed by atoms with Crippen molar-refractivity contribution in [1.29, 1.82) is 0 Å². The van der Waals surface area contributed by atoms with E-state index in [4.69, 9.17) is 4.52 Å². The second-order valence-corrected chi connectivity index (χ2v) is 5.28. The molecule has 0 fully saturated rings. The molecule has 0 unspecified atom stereocenters. The van der Waals surface area contributed by atoms with Crippen molar-refractivity contribution in [2.24, 2.45) is 0 Å². The third-order valence-corrected chi connectivity index (χ3v) is 3.71. The van der Waals surface area contributed by atoms with E-state index < -0.39 is 11.7 Å². The van der Waals surface area contributed by atoms with Gasteiger partial charge in [0.1, 0.15) is 5.82 Å². The van der Waals surface area contributed by atoms with Gasteiger partial charge in [-0.3, -0.25) is 4.79 Å². The predicted molar refractivity (Wildman–Crippen MR) is 73.7 cm³/mol. The van der Waals surface area contributed by atoms with E-state index in [2.05, 4.69) is 26.1 Å². The largest absolute Gasteiger partial charge is 0.337 e. The molecule has 0 aliphatic rings. The number of aryl methyl sites for hydroxylation is 1. The molecule has 0 bridgehead atoms.